The van der Waals surface area contributed by atoms with Crippen molar-refractivity contribution in [3.05, 3.63) is 47.7 Å². The molecule has 1 unspecified atom stereocenters. The third-order valence-electron chi connectivity index (χ3n) is 5.16. The van der Waals surface area contributed by atoms with E-state index >= 15 is 0 Å². The van der Waals surface area contributed by atoms with E-state index in [-0.39, 0.29) is 17.4 Å². The van der Waals surface area contributed by atoms with Crippen molar-refractivity contribution >= 4 is 5.91 Å². The van der Waals surface area contributed by atoms with Crippen molar-refractivity contribution in [2.45, 2.75) is 25.9 Å². The van der Waals surface area contributed by atoms with Crippen LogP contribution < -0.4 is 4.74 Å². The molecule has 2 aliphatic rings. The van der Waals surface area contributed by atoms with Gasteiger partial charge >= 0.3 is 0 Å². The molecule has 4 heterocycles. The Morgan fingerprint density at radius 2 is 2.28 bits per heavy atom. The number of hydrogen-bond donors (Lipinski definition) is 0. The number of pyridine rings is 1. The molecular weight excluding hydrogens is 320 g/mol. The summed E-state index contributed by atoms with van der Waals surface area (Å²) in [5, 5.41) is 0. The highest BCUT2D eigenvalue weighted by Gasteiger charge is 2.55. The lowest BCUT2D eigenvalue weighted by Crippen LogP contribution is -2.66. The Bertz CT molecular complexity index is 765. The predicted molar refractivity (Wildman–Crippen MR) is 90.6 cm³/mol. The second-order valence-corrected chi connectivity index (χ2v) is 6.89. The van der Waals surface area contributed by atoms with Crippen LogP contribution in [-0.4, -0.2) is 47.7 Å². The summed E-state index contributed by atoms with van der Waals surface area (Å²) in [5.41, 5.74) is 0.374. The fourth-order valence-electron chi connectivity index (χ4n) is 3.76. The van der Waals surface area contributed by atoms with Crippen molar-refractivity contribution in [2.24, 2.45) is 5.92 Å². The Morgan fingerprint density at radius 1 is 1.44 bits per heavy atom. The average Bonchev–Trinajstić information content (AvgIpc) is 3.14. The van der Waals surface area contributed by atoms with Crippen molar-refractivity contribution in [3.8, 4) is 5.75 Å². The van der Waals surface area contributed by atoms with E-state index in [2.05, 4.69) is 4.98 Å². The van der Waals surface area contributed by atoms with Gasteiger partial charge in [0.15, 0.2) is 0 Å². The van der Waals surface area contributed by atoms with Gasteiger partial charge < -0.3 is 18.8 Å². The number of likely N-dealkylation sites (tertiary alicyclic amines) is 1. The van der Waals surface area contributed by atoms with Crippen LogP contribution in [0.2, 0.25) is 0 Å². The Balaban J connectivity index is 1.38. The third kappa shape index (κ3) is 2.91. The molecule has 0 aliphatic carbocycles. The van der Waals surface area contributed by atoms with Crippen molar-refractivity contribution in [3.63, 3.8) is 0 Å². The van der Waals surface area contributed by atoms with Crippen LogP contribution in [0.3, 0.4) is 0 Å². The lowest BCUT2D eigenvalue weighted by molar-refractivity contribution is -0.122. The van der Waals surface area contributed by atoms with Gasteiger partial charge in [0, 0.05) is 18.7 Å². The van der Waals surface area contributed by atoms with Crippen LogP contribution in [0.25, 0.3) is 0 Å². The molecule has 0 radical (unpaired) electrons. The van der Waals surface area contributed by atoms with Gasteiger partial charge in [-0.05, 0) is 38.5 Å². The molecule has 2 aromatic heterocycles. The van der Waals surface area contributed by atoms with Crippen LogP contribution in [0.5, 0.6) is 5.75 Å². The number of aryl methyl sites for hydroxylation is 2. The van der Waals surface area contributed by atoms with Gasteiger partial charge in [-0.1, -0.05) is 0 Å². The summed E-state index contributed by atoms with van der Waals surface area (Å²) in [6.07, 6.45) is 4.39. The summed E-state index contributed by atoms with van der Waals surface area (Å²) in [7, 11) is 0. The zero-order valence-electron chi connectivity index (χ0n) is 14.5. The van der Waals surface area contributed by atoms with Crippen molar-refractivity contribution in [1.82, 2.24) is 9.88 Å². The molecule has 0 bridgehead atoms. The summed E-state index contributed by atoms with van der Waals surface area (Å²) < 4.78 is 17.4. The Hall–Kier alpha value is -2.34. The largest absolute Gasteiger partial charge is 0.492 e. The van der Waals surface area contributed by atoms with Gasteiger partial charge in [0.1, 0.15) is 22.9 Å². The molecule has 2 saturated heterocycles. The first-order valence-electron chi connectivity index (χ1n) is 8.60. The Labute approximate surface area is 146 Å². The van der Waals surface area contributed by atoms with Gasteiger partial charge in [-0.2, -0.15) is 0 Å². The van der Waals surface area contributed by atoms with Gasteiger partial charge in [-0.25, -0.2) is 0 Å². The zero-order chi connectivity index (χ0) is 17.4. The molecule has 0 saturated carbocycles. The number of ether oxygens (including phenoxy) is 2. The first kappa shape index (κ1) is 16.1. The van der Waals surface area contributed by atoms with E-state index in [1.807, 2.05) is 30.9 Å². The number of carbonyl (C=O) groups excluding carboxylic acids is 1. The van der Waals surface area contributed by atoms with E-state index in [1.165, 1.54) is 0 Å². The summed E-state index contributed by atoms with van der Waals surface area (Å²) in [6, 6.07) is 5.56. The SMILES string of the molecule is Cc1cc(C(=O)N2CC3(C2)OCCC3COc2cccnc2)c(C)o1. The highest BCUT2D eigenvalue weighted by Crippen LogP contribution is 2.41. The second kappa shape index (κ2) is 6.19. The highest BCUT2D eigenvalue weighted by molar-refractivity contribution is 5.96. The zero-order valence-corrected chi connectivity index (χ0v) is 14.5. The Morgan fingerprint density at radius 3 is 2.96 bits per heavy atom. The number of carbonyl (C=O) groups is 1. The number of rotatable bonds is 4. The molecule has 132 valence electrons. The first-order chi connectivity index (χ1) is 12.1. The molecule has 1 atom stereocenters. The summed E-state index contributed by atoms with van der Waals surface area (Å²) >= 11 is 0. The van der Waals surface area contributed by atoms with E-state index in [0.717, 1.165) is 17.9 Å². The average molecular weight is 342 g/mol. The maximum absolute atomic E-state index is 12.7. The maximum Gasteiger partial charge on any atom is 0.257 e. The minimum Gasteiger partial charge on any atom is -0.492 e. The first-order valence-corrected chi connectivity index (χ1v) is 8.60. The lowest BCUT2D eigenvalue weighted by atomic mass is 9.81. The monoisotopic (exact) mass is 342 g/mol. The molecular formula is C19H22N2O4. The van der Waals surface area contributed by atoms with Gasteiger partial charge in [-0.3, -0.25) is 9.78 Å². The number of aromatic nitrogens is 1. The van der Waals surface area contributed by atoms with E-state index < -0.39 is 0 Å². The van der Waals surface area contributed by atoms with E-state index in [4.69, 9.17) is 13.9 Å². The normalized spacial score (nSPS) is 21.4. The summed E-state index contributed by atoms with van der Waals surface area (Å²) in [5.74, 6) is 2.50. The number of hydrogen-bond acceptors (Lipinski definition) is 5. The summed E-state index contributed by atoms with van der Waals surface area (Å²) in [6.45, 7) is 6.19. The minimum atomic E-state index is -0.273. The lowest BCUT2D eigenvalue weighted by Gasteiger charge is -2.50. The molecule has 2 aromatic rings. The van der Waals surface area contributed by atoms with E-state index in [1.54, 1.807) is 18.5 Å². The molecule has 25 heavy (non-hydrogen) atoms. The molecule has 1 spiro atoms. The van der Waals surface area contributed by atoms with Gasteiger partial charge in [-0.15, -0.1) is 0 Å². The van der Waals surface area contributed by atoms with Crippen molar-refractivity contribution < 1.29 is 18.7 Å². The molecule has 0 N–H and O–H groups in total. The standard InChI is InChI=1S/C19H22N2O4/c1-13-8-17(14(2)25-13)18(22)21-11-19(12-21)15(5-7-24-19)10-23-16-4-3-6-20-9-16/h3-4,6,8-9,15H,5,7,10-12H2,1-2H3. The van der Waals surface area contributed by atoms with Crippen LogP contribution in [-0.2, 0) is 4.74 Å². The smallest absolute Gasteiger partial charge is 0.257 e. The summed E-state index contributed by atoms with van der Waals surface area (Å²) in [4.78, 5) is 18.6. The molecule has 2 fully saturated rings. The van der Waals surface area contributed by atoms with Crippen LogP contribution in [0, 0.1) is 19.8 Å². The third-order valence-corrected chi connectivity index (χ3v) is 5.16. The fourth-order valence-corrected chi connectivity index (χ4v) is 3.76. The van der Waals surface area contributed by atoms with Crippen molar-refractivity contribution in [2.75, 3.05) is 26.3 Å². The minimum absolute atomic E-state index is 0.0161. The molecule has 4 rings (SSSR count). The number of nitrogens with zero attached hydrogens (tertiary/aromatic N) is 2. The fraction of sp³-hybridized carbons (Fsp3) is 0.474. The van der Waals surface area contributed by atoms with E-state index in [9.17, 15) is 4.79 Å². The Kier molecular flexibility index (Phi) is 4.00. The van der Waals surface area contributed by atoms with Gasteiger partial charge in [0.05, 0.1) is 31.5 Å². The van der Waals surface area contributed by atoms with E-state index in [0.29, 0.717) is 37.6 Å². The maximum atomic E-state index is 12.7. The number of furan rings is 1. The van der Waals surface area contributed by atoms with Gasteiger partial charge in [0.2, 0.25) is 0 Å². The molecule has 1 amide bonds. The second-order valence-electron chi connectivity index (χ2n) is 6.89. The van der Waals surface area contributed by atoms with Crippen LogP contribution in [0.1, 0.15) is 28.3 Å². The number of amides is 1. The quantitative estimate of drug-likeness (QED) is 0.854. The van der Waals surface area contributed by atoms with Crippen LogP contribution in [0.15, 0.2) is 35.0 Å². The topological polar surface area (TPSA) is 64.8 Å². The predicted octanol–water partition coefficient (Wildman–Crippen LogP) is 2.60. The molecule has 6 heteroatoms. The molecule has 0 aromatic carbocycles. The van der Waals surface area contributed by atoms with Gasteiger partial charge in [0.25, 0.3) is 5.91 Å². The molecule has 6 nitrogen and oxygen atoms in total. The van der Waals surface area contributed by atoms with Crippen molar-refractivity contribution in [1.29, 1.82) is 0 Å². The van der Waals surface area contributed by atoms with Crippen LogP contribution >= 0.6 is 0 Å². The molecule has 2 aliphatic heterocycles. The highest BCUT2D eigenvalue weighted by atomic mass is 16.5. The van der Waals surface area contributed by atoms with Crippen LogP contribution in [0.4, 0.5) is 0 Å².